The van der Waals surface area contributed by atoms with Crippen LogP contribution in [0, 0.1) is 0 Å². The van der Waals surface area contributed by atoms with E-state index in [2.05, 4.69) is 15.5 Å². The summed E-state index contributed by atoms with van der Waals surface area (Å²) in [6, 6.07) is 7.88. The van der Waals surface area contributed by atoms with Crippen LogP contribution in [0.1, 0.15) is 25.7 Å². The molecule has 2 aromatic heterocycles. The van der Waals surface area contributed by atoms with E-state index in [0.29, 0.717) is 31.4 Å². The van der Waals surface area contributed by atoms with Crippen molar-refractivity contribution in [3.63, 3.8) is 0 Å². The monoisotopic (exact) mass is 354 g/mol. The third kappa shape index (κ3) is 3.22. The van der Waals surface area contributed by atoms with Gasteiger partial charge in [-0.05, 0) is 25.3 Å². The number of carbonyl (C=O) groups excluding carboxylic acids is 1. The summed E-state index contributed by atoms with van der Waals surface area (Å²) in [4.78, 5) is 24.4. The predicted molar refractivity (Wildman–Crippen MR) is 99.1 cm³/mol. The molecule has 1 aliphatic rings. The topological polar surface area (TPSA) is 89.0 Å². The molecular formula is C19H22N4O3. The van der Waals surface area contributed by atoms with Gasteiger partial charge >= 0.3 is 0 Å². The summed E-state index contributed by atoms with van der Waals surface area (Å²) in [5, 5.41) is 11.2. The lowest BCUT2D eigenvalue weighted by molar-refractivity contribution is -0.121. The van der Waals surface area contributed by atoms with E-state index in [0.717, 1.165) is 35.7 Å². The minimum atomic E-state index is -0.207. The Kier molecular flexibility index (Phi) is 4.71. The number of aryl methyl sites for hydroxylation is 1. The molecule has 1 aromatic carbocycles. The van der Waals surface area contributed by atoms with Gasteiger partial charge in [-0.3, -0.25) is 9.59 Å². The fraction of sp³-hybridized carbons (Fsp3) is 0.421. The first-order valence-corrected chi connectivity index (χ1v) is 9.07. The van der Waals surface area contributed by atoms with Crippen LogP contribution in [-0.4, -0.2) is 39.9 Å². The number of aromatic nitrogens is 3. The van der Waals surface area contributed by atoms with Gasteiger partial charge in [0.15, 0.2) is 0 Å². The SMILES string of the molecule is O=C(CCCn1c2ccccc2c2cn[nH]c(=O)c21)NC[C@H]1CCCO1. The first-order valence-electron chi connectivity index (χ1n) is 9.07. The summed E-state index contributed by atoms with van der Waals surface area (Å²) in [6.07, 6.45) is 5.00. The molecule has 2 N–H and O–H groups in total. The molecule has 1 atom stereocenters. The van der Waals surface area contributed by atoms with Gasteiger partial charge in [0.1, 0.15) is 5.52 Å². The molecule has 1 fully saturated rings. The Balaban J connectivity index is 1.46. The number of rotatable bonds is 6. The lowest BCUT2D eigenvalue weighted by Crippen LogP contribution is -2.31. The summed E-state index contributed by atoms with van der Waals surface area (Å²) in [7, 11) is 0. The first-order chi connectivity index (χ1) is 12.7. The number of amides is 1. The molecule has 4 rings (SSSR count). The second-order valence-corrected chi connectivity index (χ2v) is 6.67. The summed E-state index contributed by atoms with van der Waals surface area (Å²) < 4.78 is 7.50. The molecule has 0 saturated carbocycles. The Hall–Kier alpha value is -2.67. The number of carbonyl (C=O) groups is 1. The zero-order chi connectivity index (χ0) is 17.9. The number of aromatic amines is 1. The highest BCUT2D eigenvalue weighted by Crippen LogP contribution is 2.26. The molecule has 3 heterocycles. The number of nitrogens with one attached hydrogen (secondary N) is 2. The van der Waals surface area contributed by atoms with Crippen molar-refractivity contribution < 1.29 is 9.53 Å². The van der Waals surface area contributed by atoms with Gasteiger partial charge in [0.05, 0.1) is 12.3 Å². The molecule has 0 aliphatic carbocycles. The first kappa shape index (κ1) is 16.8. The van der Waals surface area contributed by atoms with Crippen molar-refractivity contribution in [2.45, 2.75) is 38.3 Å². The molecule has 7 nitrogen and oxygen atoms in total. The molecule has 1 aliphatic heterocycles. The quantitative estimate of drug-likeness (QED) is 0.708. The minimum absolute atomic E-state index is 0.0249. The molecule has 26 heavy (non-hydrogen) atoms. The van der Waals surface area contributed by atoms with Crippen LogP contribution in [0.15, 0.2) is 35.3 Å². The van der Waals surface area contributed by atoms with Crippen molar-refractivity contribution in [3.8, 4) is 0 Å². The van der Waals surface area contributed by atoms with Crippen LogP contribution in [0.5, 0.6) is 0 Å². The zero-order valence-corrected chi connectivity index (χ0v) is 14.5. The molecule has 0 bridgehead atoms. The summed E-state index contributed by atoms with van der Waals surface area (Å²) in [6.45, 7) is 1.97. The normalized spacial score (nSPS) is 17.2. The maximum absolute atomic E-state index is 12.3. The van der Waals surface area contributed by atoms with Crippen LogP contribution >= 0.6 is 0 Å². The summed E-state index contributed by atoms with van der Waals surface area (Å²) >= 11 is 0. The van der Waals surface area contributed by atoms with E-state index >= 15 is 0 Å². The van der Waals surface area contributed by atoms with E-state index in [4.69, 9.17) is 4.74 Å². The van der Waals surface area contributed by atoms with Gasteiger partial charge in [0, 0.05) is 42.4 Å². The highest BCUT2D eigenvalue weighted by molar-refractivity contribution is 6.07. The Morgan fingerprint density at radius 2 is 2.23 bits per heavy atom. The standard InChI is InChI=1S/C19H22N4O3/c24-17(20-11-13-5-4-10-26-13)8-3-9-23-16-7-2-1-6-14(16)15-12-21-22-19(25)18(15)23/h1-2,6-7,12-13H,3-5,8-11H2,(H,20,24)(H,22,25)/t13-/m1/s1. The van der Waals surface area contributed by atoms with Gasteiger partial charge in [-0.1, -0.05) is 18.2 Å². The number of fused-ring (bicyclic) bond motifs is 3. The predicted octanol–water partition coefficient (Wildman–Crippen LogP) is 1.95. The minimum Gasteiger partial charge on any atom is -0.376 e. The van der Waals surface area contributed by atoms with Crippen LogP contribution in [-0.2, 0) is 16.1 Å². The number of hydrogen-bond acceptors (Lipinski definition) is 4. The van der Waals surface area contributed by atoms with Crippen LogP contribution in [0.25, 0.3) is 21.8 Å². The molecule has 1 amide bonds. The van der Waals surface area contributed by atoms with E-state index in [1.165, 1.54) is 0 Å². The van der Waals surface area contributed by atoms with Crippen LogP contribution in [0.2, 0.25) is 0 Å². The third-order valence-corrected chi connectivity index (χ3v) is 4.92. The van der Waals surface area contributed by atoms with Crippen LogP contribution in [0.4, 0.5) is 0 Å². The Labute approximate surface area is 150 Å². The molecule has 136 valence electrons. The molecule has 7 heteroatoms. The zero-order valence-electron chi connectivity index (χ0n) is 14.5. The van der Waals surface area contributed by atoms with E-state index in [1.54, 1.807) is 6.20 Å². The number of nitrogens with zero attached hydrogens (tertiary/aromatic N) is 2. The average molecular weight is 354 g/mol. The van der Waals surface area contributed by atoms with Gasteiger partial charge in [0.2, 0.25) is 5.91 Å². The number of ether oxygens (including phenoxy) is 1. The number of H-pyrrole nitrogens is 1. The van der Waals surface area contributed by atoms with Crippen molar-refractivity contribution >= 4 is 27.7 Å². The highest BCUT2D eigenvalue weighted by Gasteiger charge is 2.17. The number of para-hydroxylation sites is 1. The number of hydrogen-bond donors (Lipinski definition) is 2. The van der Waals surface area contributed by atoms with Gasteiger partial charge in [-0.15, -0.1) is 0 Å². The van der Waals surface area contributed by atoms with Crippen LogP contribution in [0.3, 0.4) is 0 Å². The maximum atomic E-state index is 12.3. The summed E-state index contributed by atoms with van der Waals surface area (Å²) in [5.41, 5.74) is 1.39. The average Bonchev–Trinajstić information content (AvgIpc) is 3.28. The third-order valence-electron chi connectivity index (χ3n) is 4.92. The molecule has 1 saturated heterocycles. The molecule has 0 spiro atoms. The van der Waals surface area contributed by atoms with E-state index in [-0.39, 0.29) is 17.6 Å². The van der Waals surface area contributed by atoms with Crippen LogP contribution < -0.4 is 10.9 Å². The maximum Gasteiger partial charge on any atom is 0.288 e. The Bertz CT molecular complexity index is 985. The highest BCUT2D eigenvalue weighted by atomic mass is 16.5. The fourth-order valence-corrected chi connectivity index (χ4v) is 3.67. The van der Waals surface area contributed by atoms with Gasteiger partial charge in [0.25, 0.3) is 5.56 Å². The van der Waals surface area contributed by atoms with E-state index in [9.17, 15) is 9.59 Å². The van der Waals surface area contributed by atoms with Crippen molar-refractivity contribution in [1.29, 1.82) is 0 Å². The fourth-order valence-electron chi connectivity index (χ4n) is 3.67. The second-order valence-electron chi connectivity index (χ2n) is 6.67. The lowest BCUT2D eigenvalue weighted by atomic mass is 10.2. The van der Waals surface area contributed by atoms with Gasteiger partial charge in [-0.25, -0.2) is 5.10 Å². The van der Waals surface area contributed by atoms with E-state index < -0.39 is 0 Å². The van der Waals surface area contributed by atoms with Gasteiger partial charge in [-0.2, -0.15) is 5.10 Å². The van der Waals surface area contributed by atoms with Gasteiger partial charge < -0.3 is 14.6 Å². The Morgan fingerprint density at radius 3 is 3.08 bits per heavy atom. The lowest BCUT2D eigenvalue weighted by Gasteiger charge is -2.11. The smallest absolute Gasteiger partial charge is 0.288 e. The number of benzene rings is 1. The second kappa shape index (κ2) is 7.29. The van der Waals surface area contributed by atoms with Crippen molar-refractivity contribution in [1.82, 2.24) is 20.1 Å². The molecule has 3 aromatic rings. The largest absolute Gasteiger partial charge is 0.376 e. The molecule has 0 unspecified atom stereocenters. The van der Waals surface area contributed by atoms with E-state index in [1.807, 2.05) is 28.8 Å². The molecular weight excluding hydrogens is 332 g/mol. The van der Waals surface area contributed by atoms with Crippen molar-refractivity contribution in [2.24, 2.45) is 0 Å². The summed E-state index contributed by atoms with van der Waals surface area (Å²) in [5.74, 6) is 0.0249. The van der Waals surface area contributed by atoms with Crippen molar-refractivity contribution in [2.75, 3.05) is 13.2 Å². The molecule has 0 radical (unpaired) electrons. The Morgan fingerprint density at radius 1 is 1.35 bits per heavy atom. The van der Waals surface area contributed by atoms with Crippen molar-refractivity contribution in [3.05, 3.63) is 40.8 Å².